The van der Waals surface area contributed by atoms with Crippen molar-refractivity contribution < 1.29 is 23.1 Å². The van der Waals surface area contributed by atoms with Gasteiger partial charge < -0.3 is 20.6 Å². The number of β-amino-alcohol motifs (C(OH)–C–C–N with tert-alkyl or cyclic N) is 1. The fourth-order valence-electron chi connectivity index (χ4n) is 5.58. The zero-order chi connectivity index (χ0) is 24.2. The van der Waals surface area contributed by atoms with Crippen molar-refractivity contribution in [2.45, 2.75) is 63.1 Å². The first-order valence-electron chi connectivity index (χ1n) is 12.0. The highest BCUT2D eigenvalue weighted by Gasteiger charge is 2.53. The molecule has 0 aromatic rings. The molecule has 0 aromatic carbocycles. The largest absolute Gasteiger partial charge is 0.390 e. The molecule has 1 unspecified atom stereocenters. The lowest BCUT2D eigenvalue weighted by atomic mass is 9.87. The zero-order valence-corrected chi connectivity index (χ0v) is 20.7. The van der Waals surface area contributed by atoms with E-state index in [0.717, 1.165) is 45.2 Å². The van der Waals surface area contributed by atoms with E-state index in [2.05, 4.69) is 20.9 Å². The third kappa shape index (κ3) is 6.88. The molecule has 3 fully saturated rings. The first-order valence-corrected chi connectivity index (χ1v) is 13.9. The molecule has 4 N–H and O–H groups in total. The van der Waals surface area contributed by atoms with Crippen LogP contribution in [0.5, 0.6) is 0 Å². The standard InChI is InChI=1S/C22H40N5O5S/c1-17(28)26(13-12-25-10-6-18(7-11-25)14-24-33(2,31)32)15-20(29)16-27-19-4-3-8-22(27,9-5-19)21(23)30/h3,18-20,24,29H,4-16H2,1-2H3,(H2,23,30)/t19-,20?,22+/m1/s1. The third-order valence-corrected chi connectivity index (χ3v) is 8.26. The van der Waals surface area contributed by atoms with Gasteiger partial charge in [-0.25, -0.2) is 13.1 Å². The quantitative estimate of drug-likeness (QED) is 0.346. The van der Waals surface area contributed by atoms with Crippen LogP contribution in [-0.4, -0.2) is 110 Å². The lowest BCUT2D eigenvalue weighted by Gasteiger charge is -2.43. The lowest BCUT2D eigenvalue weighted by Crippen LogP contribution is -2.60. The normalized spacial score (nSPS) is 28.0. The maximum absolute atomic E-state index is 12.2. The van der Waals surface area contributed by atoms with Gasteiger partial charge in [0.2, 0.25) is 21.8 Å². The molecule has 0 aliphatic carbocycles. The molecule has 3 heterocycles. The van der Waals surface area contributed by atoms with E-state index < -0.39 is 21.7 Å². The molecule has 33 heavy (non-hydrogen) atoms. The summed E-state index contributed by atoms with van der Waals surface area (Å²) in [5.74, 6) is -0.0796. The molecule has 1 radical (unpaired) electrons. The second-order valence-electron chi connectivity index (χ2n) is 9.99. The summed E-state index contributed by atoms with van der Waals surface area (Å²) in [5, 5.41) is 10.8. The molecule has 3 aliphatic heterocycles. The number of carbonyl (C=O) groups is 2. The van der Waals surface area contributed by atoms with Crippen LogP contribution in [0.1, 0.15) is 45.4 Å². The number of aliphatic hydroxyl groups excluding tert-OH is 1. The van der Waals surface area contributed by atoms with Crippen molar-refractivity contribution in [2.75, 3.05) is 52.1 Å². The highest BCUT2D eigenvalue weighted by Crippen LogP contribution is 2.43. The Morgan fingerprint density at radius 1 is 1.30 bits per heavy atom. The maximum atomic E-state index is 12.2. The Bertz CT molecular complexity index is 797. The second kappa shape index (κ2) is 11.0. The van der Waals surface area contributed by atoms with Gasteiger partial charge in [0.1, 0.15) is 5.54 Å². The molecule has 3 atom stereocenters. The molecule has 3 rings (SSSR count). The number of amides is 2. The van der Waals surface area contributed by atoms with E-state index in [9.17, 15) is 23.1 Å². The van der Waals surface area contributed by atoms with Crippen LogP contribution in [0.3, 0.4) is 0 Å². The van der Waals surface area contributed by atoms with E-state index in [-0.39, 0.29) is 24.4 Å². The summed E-state index contributed by atoms with van der Waals surface area (Å²) in [5.41, 5.74) is 5.06. The molecule has 2 bridgehead atoms. The summed E-state index contributed by atoms with van der Waals surface area (Å²) in [7, 11) is -3.16. The van der Waals surface area contributed by atoms with Crippen LogP contribution in [0.15, 0.2) is 0 Å². The summed E-state index contributed by atoms with van der Waals surface area (Å²) in [4.78, 5) is 30.5. The number of nitrogens with zero attached hydrogens (tertiary/aromatic N) is 3. The molecule has 189 valence electrons. The molecule has 3 saturated heterocycles. The number of nitrogens with two attached hydrogens (primary N) is 1. The number of hydrogen-bond acceptors (Lipinski definition) is 7. The number of rotatable bonds is 11. The van der Waals surface area contributed by atoms with Crippen molar-refractivity contribution in [2.24, 2.45) is 11.7 Å². The number of aliphatic hydroxyl groups is 1. The van der Waals surface area contributed by atoms with E-state index in [1.807, 2.05) is 0 Å². The van der Waals surface area contributed by atoms with Gasteiger partial charge in [0.05, 0.1) is 12.4 Å². The van der Waals surface area contributed by atoms with Crippen LogP contribution in [0.25, 0.3) is 0 Å². The molecule has 3 aliphatic rings. The van der Waals surface area contributed by atoms with Gasteiger partial charge in [-0.15, -0.1) is 0 Å². The van der Waals surface area contributed by atoms with Gasteiger partial charge in [-0.05, 0) is 64.0 Å². The van der Waals surface area contributed by atoms with Crippen molar-refractivity contribution in [1.82, 2.24) is 19.4 Å². The van der Waals surface area contributed by atoms with E-state index in [0.29, 0.717) is 38.5 Å². The van der Waals surface area contributed by atoms with E-state index in [1.165, 1.54) is 13.2 Å². The highest BCUT2D eigenvalue weighted by atomic mass is 32.2. The first-order chi connectivity index (χ1) is 15.5. The van der Waals surface area contributed by atoms with Crippen LogP contribution in [-0.2, 0) is 19.6 Å². The summed E-state index contributed by atoms with van der Waals surface area (Å²) < 4.78 is 25.1. The van der Waals surface area contributed by atoms with Crippen LogP contribution in [0, 0.1) is 12.3 Å². The molecule has 0 aromatic heterocycles. The van der Waals surface area contributed by atoms with Gasteiger partial charge in [-0.1, -0.05) is 0 Å². The highest BCUT2D eigenvalue weighted by molar-refractivity contribution is 7.88. The Labute approximate surface area is 197 Å². The van der Waals surface area contributed by atoms with E-state index >= 15 is 0 Å². The molecule has 2 amide bonds. The smallest absolute Gasteiger partial charge is 0.237 e. The Morgan fingerprint density at radius 2 is 2.00 bits per heavy atom. The number of nitrogens with one attached hydrogen (secondary N) is 1. The fourth-order valence-corrected chi connectivity index (χ4v) is 6.12. The number of piperidine rings is 2. The zero-order valence-electron chi connectivity index (χ0n) is 19.9. The molecular weight excluding hydrogens is 446 g/mol. The first kappa shape index (κ1) is 26.3. The summed E-state index contributed by atoms with van der Waals surface area (Å²) in [6, 6.07) is 0.227. The minimum atomic E-state index is -3.16. The SMILES string of the molecule is CC(=O)N(CCN1CCC(CNS(C)(=O)=O)CC1)CC(O)CN1[C@@H]2C[CH]C[C@@]1(C(N)=O)CC2. The van der Waals surface area contributed by atoms with Crippen molar-refractivity contribution in [3.8, 4) is 0 Å². The molecule has 10 nitrogen and oxygen atoms in total. The van der Waals surface area contributed by atoms with Crippen molar-refractivity contribution in [3.63, 3.8) is 0 Å². The number of hydrogen-bond donors (Lipinski definition) is 3. The van der Waals surface area contributed by atoms with Gasteiger partial charge >= 0.3 is 0 Å². The van der Waals surface area contributed by atoms with Crippen LogP contribution >= 0.6 is 0 Å². The molecule has 11 heteroatoms. The van der Waals surface area contributed by atoms with Gasteiger partial charge in [-0.2, -0.15) is 0 Å². The van der Waals surface area contributed by atoms with Crippen LogP contribution in [0.2, 0.25) is 0 Å². The minimum Gasteiger partial charge on any atom is -0.390 e. The molecular formula is C22H40N5O5S. The predicted octanol–water partition coefficient (Wildman–Crippen LogP) is -0.856. The Hall–Kier alpha value is -1.27. The number of carbonyl (C=O) groups excluding carboxylic acids is 2. The predicted molar refractivity (Wildman–Crippen MR) is 125 cm³/mol. The van der Waals surface area contributed by atoms with Crippen molar-refractivity contribution >= 4 is 21.8 Å². The van der Waals surface area contributed by atoms with E-state index in [1.54, 1.807) is 4.90 Å². The fraction of sp³-hybridized carbons (Fsp3) is 0.864. The number of likely N-dealkylation sites (tertiary alicyclic amines) is 1. The van der Waals surface area contributed by atoms with Gasteiger partial charge in [0.25, 0.3) is 0 Å². The average Bonchev–Trinajstić information content (AvgIpc) is 2.93. The Kier molecular flexibility index (Phi) is 8.77. The molecule has 0 saturated carbocycles. The molecule has 0 spiro atoms. The number of sulfonamides is 1. The van der Waals surface area contributed by atoms with Crippen molar-refractivity contribution in [3.05, 3.63) is 6.42 Å². The van der Waals surface area contributed by atoms with Crippen LogP contribution in [0.4, 0.5) is 0 Å². The maximum Gasteiger partial charge on any atom is 0.237 e. The lowest BCUT2D eigenvalue weighted by molar-refractivity contribution is -0.134. The minimum absolute atomic E-state index is 0.0825. The average molecular weight is 487 g/mol. The van der Waals surface area contributed by atoms with Gasteiger partial charge in [0, 0.05) is 45.7 Å². The second-order valence-corrected chi connectivity index (χ2v) is 11.8. The third-order valence-electron chi connectivity index (χ3n) is 7.57. The topological polar surface area (TPSA) is 136 Å². The van der Waals surface area contributed by atoms with Gasteiger partial charge in [-0.3, -0.25) is 14.5 Å². The number of fused-ring (bicyclic) bond motifs is 2. The summed E-state index contributed by atoms with van der Waals surface area (Å²) >= 11 is 0. The number of primary amides is 1. The van der Waals surface area contributed by atoms with E-state index in [4.69, 9.17) is 5.73 Å². The summed E-state index contributed by atoms with van der Waals surface area (Å²) in [6.07, 6.45) is 7.52. The Morgan fingerprint density at radius 3 is 2.61 bits per heavy atom. The summed E-state index contributed by atoms with van der Waals surface area (Å²) in [6.45, 7) is 5.51. The van der Waals surface area contributed by atoms with Gasteiger partial charge in [0.15, 0.2) is 0 Å². The Balaban J connectivity index is 1.45. The van der Waals surface area contributed by atoms with Crippen molar-refractivity contribution in [1.29, 1.82) is 0 Å². The monoisotopic (exact) mass is 486 g/mol. The van der Waals surface area contributed by atoms with Crippen LogP contribution < -0.4 is 10.5 Å².